The third kappa shape index (κ3) is 1.59. The highest BCUT2D eigenvalue weighted by Gasteiger charge is 2.30. The highest BCUT2D eigenvalue weighted by molar-refractivity contribution is 5.33. The Morgan fingerprint density at radius 2 is 2.08 bits per heavy atom. The molecule has 1 aliphatic heterocycles. The van der Waals surface area contributed by atoms with Crippen LogP contribution in [0.2, 0.25) is 0 Å². The van der Waals surface area contributed by atoms with Crippen molar-refractivity contribution in [3.8, 4) is 0 Å². The normalized spacial score (nSPS) is 25.3. The molecule has 2 heteroatoms. The van der Waals surface area contributed by atoms with Gasteiger partial charge in [-0.15, -0.1) is 0 Å². The summed E-state index contributed by atoms with van der Waals surface area (Å²) in [5.41, 5.74) is 1.79. The third-order valence-electron chi connectivity index (χ3n) is 2.48. The van der Waals surface area contributed by atoms with Gasteiger partial charge in [0.1, 0.15) is 0 Å². The smallest absolute Gasteiger partial charge is 0.177 e. The third-order valence-corrected chi connectivity index (χ3v) is 2.48. The maximum Gasteiger partial charge on any atom is 0.177 e. The van der Waals surface area contributed by atoms with Gasteiger partial charge in [-0.25, -0.2) is 4.39 Å². The number of hydrogen-bond donors (Lipinski definition) is 1. The van der Waals surface area contributed by atoms with Gasteiger partial charge in [0.25, 0.3) is 0 Å². The standard InChI is InChI=1S/C11H14FN/c1-11(2)7-8-5-3-4-6-9(8)10(12)13-11/h3-6,10,13H,7H2,1-2H3. The molecule has 0 aliphatic carbocycles. The summed E-state index contributed by atoms with van der Waals surface area (Å²) < 4.78 is 13.6. The lowest BCUT2D eigenvalue weighted by atomic mass is 9.87. The number of nitrogens with one attached hydrogen (secondary N) is 1. The first-order chi connectivity index (χ1) is 6.08. The van der Waals surface area contributed by atoms with E-state index >= 15 is 0 Å². The lowest BCUT2D eigenvalue weighted by molar-refractivity contribution is 0.188. The Kier molecular flexibility index (Phi) is 1.88. The van der Waals surface area contributed by atoms with Gasteiger partial charge in [0.15, 0.2) is 6.30 Å². The molecule has 1 atom stereocenters. The van der Waals surface area contributed by atoms with Crippen LogP contribution in [0.25, 0.3) is 0 Å². The van der Waals surface area contributed by atoms with E-state index in [4.69, 9.17) is 0 Å². The minimum atomic E-state index is -1.01. The maximum absolute atomic E-state index is 13.6. The van der Waals surface area contributed by atoms with Crippen LogP contribution in [0.1, 0.15) is 31.3 Å². The number of benzene rings is 1. The number of alkyl halides is 1. The van der Waals surface area contributed by atoms with E-state index in [1.807, 2.05) is 38.1 Å². The maximum atomic E-state index is 13.6. The monoisotopic (exact) mass is 179 g/mol. The molecule has 2 rings (SSSR count). The highest BCUT2D eigenvalue weighted by atomic mass is 19.1. The molecule has 0 bridgehead atoms. The largest absolute Gasteiger partial charge is 0.279 e. The quantitative estimate of drug-likeness (QED) is 0.603. The molecule has 1 unspecified atom stereocenters. The van der Waals surface area contributed by atoms with Crippen molar-refractivity contribution in [1.29, 1.82) is 0 Å². The zero-order valence-corrected chi connectivity index (χ0v) is 7.97. The Balaban J connectivity index is 2.43. The molecule has 1 aromatic carbocycles. The fraction of sp³-hybridized carbons (Fsp3) is 0.455. The molecule has 0 aromatic heterocycles. The Morgan fingerprint density at radius 1 is 1.38 bits per heavy atom. The summed E-state index contributed by atoms with van der Waals surface area (Å²) in [6.45, 7) is 4.05. The molecule has 0 saturated carbocycles. The van der Waals surface area contributed by atoms with Gasteiger partial charge in [0.05, 0.1) is 0 Å². The zero-order chi connectivity index (χ0) is 9.47. The van der Waals surface area contributed by atoms with Crippen molar-refractivity contribution >= 4 is 0 Å². The minimum Gasteiger partial charge on any atom is -0.279 e. The van der Waals surface area contributed by atoms with E-state index in [-0.39, 0.29) is 5.54 Å². The fourth-order valence-corrected chi connectivity index (χ4v) is 1.89. The average Bonchev–Trinajstić information content (AvgIpc) is 2.02. The van der Waals surface area contributed by atoms with Crippen molar-refractivity contribution in [2.45, 2.75) is 32.1 Å². The minimum absolute atomic E-state index is 0.131. The predicted octanol–water partition coefficient (Wildman–Crippen LogP) is 2.58. The Hall–Kier alpha value is -0.890. The Morgan fingerprint density at radius 3 is 2.85 bits per heavy atom. The molecule has 0 fully saturated rings. The van der Waals surface area contributed by atoms with Gasteiger partial charge in [-0.2, -0.15) is 0 Å². The molecule has 1 aliphatic rings. The molecule has 0 amide bonds. The van der Waals surface area contributed by atoms with Crippen LogP contribution in [0.5, 0.6) is 0 Å². The van der Waals surface area contributed by atoms with Crippen molar-refractivity contribution < 1.29 is 4.39 Å². The first kappa shape index (κ1) is 8.70. The number of rotatable bonds is 0. The van der Waals surface area contributed by atoms with E-state index in [1.165, 1.54) is 0 Å². The molecule has 1 aromatic rings. The van der Waals surface area contributed by atoms with Crippen LogP contribution in [0.15, 0.2) is 24.3 Å². The fourth-order valence-electron chi connectivity index (χ4n) is 1.89. The van der Waals surface area contributed by atoms with Gasteiger partial charge in [0, 0.05) is 11.1 Å². The van der Waals surface area contributed by atoms with E-state index in [9.17, 15) is 4.39 Å². The number of hydrogen-bond acceptors (Lipinski definition) is 1. The van der Waals surface area contributed by atoms with Gasteiger partial charge < -0.3 is 0 Å². The van der Waals surface area contributed by atoms with Crippen LogP contribution in [-0.2, 0) is 6.42 Å². The molecule has 1 N–H and O–H groups in total. The van der Waals surface area contributed by atoms with Crippen molar-refractivity contribution in [3.05, 3.63) is 35.4 Å². The van der Waals surface area contributed by atoms with E-state index in [1.54, 1.807) is 0 Å². The molecule has 70 valence electrons. The van der Waals surface area contributed by atoms with Gasteiger partial charge >= 0.3 is 0 Å². The highest BCUT2D eigenvalue weighted by Crippen LogP contribution is 2.30. The summed E-state index contributed by atoms with van der Waals surface area (Å²) in [6, 6.07) is 7.70. The predicted molar refractivity (Wildman–Crippen MR) is 51.2 cm³/mol. The van der Waals surface area contributed by atoms with Crippen LogP contribution >= 0.6 is 0 Å². The van der Waals surface area contributed by atoms with E-state index < -0.39 is 6.30 Å². The van der Waals surface area contributed by atoms with Crippen molar-refractivity contribution in [2.24, 2.45) is 0 Å². The van der Waals surface area contributed by atoms with Gasteiger partial charge in [-0.05, 0) is 25.8 Å². The first-order valence-electron chi connectivity index (χ1n) is 4.58. The van der Waals surface area contributed by atoms with Gasteiger partial charge in [-0.1, -0.05) is 24.3 Å². The van der Waals surface area contributed by atoms with E-state index in [2.05, 4.69) is 5.32 Å². The summed E-state index contributed by atoms with van der Waals surface area (Å²) in [5, 5.41) is 2.95. The first-order valence-corrected chi connectivity index (χ1v) is 4.58. The van der Waals surface area contributed by atoms with Crippen LogP contribution in [0.3, 0.4) is 0 Å². The summed E-state index contributed by atoms with van der Waals surface area (Å²) >= 11 is 0. The summed E-state index contributed by atoms with van der Waals surface area (Å²) in [5.74, 6) is 0. The Labute approximate surface area is 78.0 Å². The average molecular weight is 179 g/mol. The van der Waals surface area contributed by atoms with Crippen molar-refractivity contribution in [3.63, 3.8) is 0 Å². The van der Waals surface area contributed by atoms with Gasteiger partial charge in [0.2, 0.25) is 0 Å². The van der Waals surface area contributed by atoms with E-state index in [0.717, 1.165) is 17.5 Å². The molecule has 0 radical (unpaired) electrons. The second-order valence-electron chi connectivity index (χ2n) is 4.27. The van der Waals surface area contributed by atoms with Crippen LogP contribution in [-0.4, -0.2) is 5.54 Å². The van der Waals surface area contributed by atoms with E-state index in [0.29, 0.717) is 0 Å². The zero-order valence-electron chi connectivity index (χ0n) is 7.97. The molecular formula is C11H14FN. The molecular weight excluding hydrogens is 165 g/mol. The lowest BCUT2D eigenvalue weighted by Crippen LogP contribution is -2.46. The van der Waals surface area contributed by atoms with Crippen LogP contribution in [0.4, 0.5) is 4.39 Å². The topological polar surface area (TPSA) is 12.0 Å². The van der Waals surface area contributed by atoms with Crippen molar-refractivity contribution in [2.75, 3.05) is 0 Å². The molecule has 0 saturated heterocycles. The SMILES string of the molecule is CC1(C)Cc2ccccc2C(F)N1. The molecule has 1 nitrogen and oxygen atoms in total. The van der Waals surface area contributed by atoms with Crippen LogP contribution < -0.4 is 5.32 Å². The number of halogens is 1. The van der Waals surface area contributed by atoms with Crippen molar-refractivity contribution in [1.82, 2.24) is 5.32 Å². The Bertz CT molecular complexity index is 320. The van der Waals surface area contributed by atoms with Gasteiger partial charge in [-0.3, -0.25) is 5.32 Å². The second-order valence-corrected chi connectivity index (χ2v) is 4.27. The number of fused-ring (bicyclic) bond motifs is 1. The summed E-state index contributed by atoms with van der Waals surface area (Å²) in [6.07, 6.45) is -0.121. The lowest BCUT2D eigenvalue weighted by Gasteiger charge is -2.35. The second kappa shape index (κ2) is 2.81. The molecule has 0 spiro atoms. The van der Waals surface area contributed by atoms with Crippen LogP contribution in [0, 0.1) is 0 Å². The molecule has 1 heterocycles. The molecule has 13 heavy (non-hydrogen) atoms. The summed E-state index contributed by atoms with van der Waals surface area (Å²) in [7, 11) is 0. The summed E-state index contributed by atoms with van der Waals surface area (Å²) in [4.78, 5) is 0.